The predicted octanol–water partition coefficient (Wildman–Crippen LogP) is 0.285. The number of rotatable bonds is 4. The second kappa shape index (κ2) is 5.64. The summed E-state index contributed by atoms with van der Waals surface area (Å²) in [6, 6.07) is 0. The van der Waals surface area contributed by atoms with Crippen LogP contribution in [-0.2, 0) is 0 Å². The highest BCUT2D eigenvalue weighted by Gasteiger charge is 2.06. The summed E-state index contributed by atoms with van der Waals surface area (Å²) in [7, 11) is 0. The van der Waals surface area contributed by atoms with E-state index in [1.54, 1.807) is 0 Å². The van der Waals surface area contributed by atoms with E-state index >= 15 is 0 Å². The molecule has 0 aliphatic heterocycles. The summed E-state index contributed by atoms with van der Waals surface area (Å²) < 4.78 is 0. The molecule has 7 heteroatoms. The van der Waals surface area contributed by atoms with Gasteiger partial charge >= 0.3 is 12.2 Å². The predicted molar refractivity (Wildman–Crippen MR) is 44.8 cm³/mol. The molecule has 0 heterocycles. The Kier molecular flexibility index (Phi) is 5.18. The van der Waals surface area contributed by atoms with Gasteiger partial charge in [-0.25, -0.2) is 9.59 Å². The number of halogens is 1. The molecule has 0 aromatic rings. The molecule has 0 bridgehead atoms. The van der Waals surface area contributed by atoms with Crippen molar-refractivity contribution >= 4 is 28.1 Å². The fourth-order valence-electron chi connectivity index (χ4n) is 0.468. The number of alkyl halides is 1. The van der Waals surface area contributed by atoms with Crippen LogP contribution in [-0.4, -0.2) is 40.3 Å². The maximum atomic E-state index is 9.97. The minimum Gasteiger partial charge on any atom is -0.465 e. The lowest BCUT2D eigenvalue weighted by atomic mass is 10.4. The molecule has 0 aliphatic carbocycles. The van der Waals surface area contributed by atoms with Crippen LogP contribution in [0.25, 0.3) is 0 Å². The van der Waals surface area contributed by atoms with E-state index in [1.807, 2.05) is 0 Å². The fourth-order valence-corrected chi connectivity index (χ4v) is 0.792. The molecule has 0 saturated heterocycles. The fraction of sp³-hybridized carbons (Fsp3) is 0.600. The lowest BCUT2D eigenvalue weighted by molar-refractivity contribution is 0.193. The molecule has 0 aromatic carbocycles. The van der Waals surface area contributed by atoms with Crippen LogP contribution in [0.5, 0.6) is 0 Å². The summed E-state index contributed by atoms with van der Waals surface area (Å²) in [5, 5.41) is 20.6. The van der Waals surface area contributed by atoms with Crippen molar-refractivity contribution in [2.24, 2.45) is 0 Å². The van der Waals surface area contributed by atoms with Crippen LogP contribution >= 0.6 is 15.9 Å². The molecule has 0 aliphatic rings. The van der Waals surface area contributed by atoms with Crippen LogP contribution < -0.4 is 10.6 Å². The molecule has 70 valence electrons. The molecule has 12 heavy (non-hydrogen) atoms. The maximum absolute atomic E-state index is 9.97. The summed E-state index contributed by atoms with van der Waals surface area (Å²) >= 11 is 3.08. The molecule has 0 radical (unpaired) electrons. The van der Waals surface area contributed by atoms with Crippen LogP contribution in [0.2, 0.25) is 0 Å². The number of carboxylic acid groups (broad SMARTS) is 2. The summed E-state index contributed by atoms with van der Waals surface area (Å²) in [5.74, 6) is 0. The van der Waals surface area contributed by atoms with Crippen LogP contribution in [0.1, 0.15) is 0 Å². The van der Waals surface area contributed by atoms with Crippen molar-refractivity contribution in [2.75, 3.05) is 13.1 Å². The Labute approximate surface area is 77.1 Å². The number of hydrogen-bond acceptors (Lipinski definition) is 2. The van der Waals surface area contributed by atoms with E-state index in [9.17, 15) is 9.59 Å². The van der Waals surface area contributed by atoms with Gasteiger partial charge in [0.1, 0.15) is 0 Å². The molecule has 2 amide bonds. The molecule has 0 rings (SSSR count). The minimum absolute atomic E-state index is 0.162. The van der Waals surface area contributed by atoms with Crippen molar-refractivity contribution < 1.29 is 19.8 Å². The zero-order chi connectivity index (χ0) is 9.56. The van der Waals surface area contributed by atoms with Crippen LogP contribution in [0.4, 0.5) is 9.59 Å². The third-order valence-electron chi connectivity index (χ3n) is 0.950. The van der Waals surface area contributed by atoms with E-state index in [1.165, 1.54) is 0 Å². The minimum atomic E-state index is -1.13. The van der Waals surface area contributed by atoms with E-state index in [2.05, 4.69) is 26.6 Å². The third-order valence-corrected chi connectivity index (χ3v) is 1.60. The third kappa shape index (κ3) is 7.13. The van der Waals surface area contributed by atoms with Crippen molar-refractivity contribution in [1.29, 1.82) is 0 Å². The van der Waals surface area contributed by atoms with Gasteiger partial charge in [0.15, 0.2) is 0 Å². The zero-order valence-electron chi connectivity index (χ0n) is 6.08. The van der Waals surface area contributed by atoms with E-state index in [-0.39, 0.29) is 17.9 Å². The Morgan fingerprint density at radius 3 is 1.75 bits per heavy atom. The second-order valence-electron chi connectivity index (χ2n) is 1.97. The van der Waals surface area contributed by atoms with Gasteiger partial charge in [-0.1, -0.05) is 15.9 Å². The van der Waals surface area contributed by atoms with Gasteiger partial charge in [0.05, 0.1) is 0 Å². The first-order valence-corrected chi connectivity index (χ1v) is 4.01. The zero-order valence-corrected chi connectivity index (χ0v) is 7.67. The number of carbonyl (C=O) groups is 2. The Balaban J connectivity index is 3.39. The molecule has 0 saturated carbocycles. The average Bonchev–Trinajstić information content (AvgIpc) is 1.96. The number of amides is 2. The topological polar surface area (TPSA) is 98.7 Å². The number of nitrogens with one attached hydrogen (secondary N) is 2. The van der Waals surface area contributed by atoms with Crippen LogP contribution in [0.15, 0.2) is 0 Å². The lowest BCUT2D eigenvalue weighted by Gasteiger charge is -2.08. The summed E-state index contributed by atoms with van der Waals surface area (Å²) in [6.45, 7) is 0.325. The highest BCUT2D eigenvalue weighted by Crippen LogP contribution is 1.94. The van der Waals surface area contributed by atoms with Crippen LogP contribution in [0, 0.1) is 0 Å². The van der Waals surface area contributed by atoms with E-state index in [0.717, 1.165) is 0 Å². The van der Waals surface area contributed by atoms with Crippen molar-refractivity contribution in [2.45, 2.75) is 4.83 Å². The first kappa shape index (κ1) is 11.0. The molecule has 4 N–H and O–H groups in total. The largest absolute Gasteiger partial charge is 0.465 e. The van der Waals surface area contributed by atoms with Gasteiger partial charge in [-0.05, 0) is 0 Å². The molecular weight excluding hydrogens is 232 g/mol. The average molecular weight is 241 g/mol. The van der Waals surface area contributed by atoms with Gasteiger partial charge in [-0.15, -0.1) is 0 Å². The van der Waals surface area contributed by atoms with Gasteiger partial charge in [-0.2, -0.15) is 0 Å². The Hall–Kier alpha value is -0.980. The SMILES string of the molecule is O=C(O)NCC(Br)CNC(=O)O. The molecule has 0 spiro atoms. The second-order valence-corrected chi connectivity index (χ2v) is 3.26. The van der Waals surface area contributed by atoms with Gasteiger partial charge in [0.2, 0.25) is 0 Å². The first-order valence-electron chi connectivity index (χ1n) is 3.10. The monoisotopic (exact) mass is 240 g/mol. The van der Waals surface area contributed by atoms with Crippen molar-refractivity contribution in [3.05, 3.63) is 0 Å². The van der Waals surface area contributed by atoms with Crippen LogP contribution in [0.3, 0.4) is 0 Å². The quantitative estimate of drug-likeness (QED) is 0.531. The van der Waals surface area contributed by atoms with Gasteiger partial charge in [-0.3, -0.25) is 0 Å². The van der Waals surface area contributed by atoms with Gasteiger partial charge in [0.25, 0.3) is 0 Å². The smallest absolute Gasteiger partial charge is 0.404 e. The molecule has 0 fully saturated rings. The van der Waals surface area contributed by atoms with Gasteiger partial charge < -0.3 is 20.8 Å². The van der Waals surface area contributed by atoms with E-state index < -0.39 is 12.2 Å². The molecule has 0 atom stereocenters. The van der Waals surface area contributed by atoms with E-state index in [0.29, 0.717) is 0 Å². The van der Waals surface area contributed by atoms with Gasteiger partial charge in [0, 0.05) is 17.9 Å². The highest BCUT2D eigenvalue weighted by atomic mass is 79.9. The number of hydrogen-bond donors (Lipinski definition) is 4. The standard InChI is InChI=1S/C5H9BrN2O4/c6-3(1-7-4(9)10)2-8-5(11)12/h3,7-8H,1-2H2,(H,9,10)(H,11,12). The van der Waals surface area contributed by atoms with Crippen molar-refractivity contribution in [3.8, 4) is 0 Å². The van der Waals surface area contributed by atoms with Crippen molar-refractivity contribution in [3.63, 3.8) is 0 Å². The lowest BCUT2D eigenvalue weighted by Crippen LogP contribution is -2.35. The Morgan fingerprint density at radius 2 is 1.50 bits per heavy atom. The van der Waals surface area contributed by atoms with E-state index in [4.69, 9.17) is 10.2 Å². The summed E-state index contributed by atoms with van der Waals surface area (Å²) in [4.78, 5) is 19.7. The first-order chi connectivity index (χ1) is 5.52. The Bertz CT molecular complexity index is 157. The molecule has 6 nitrogen and oxygen atoms in total. The normalized spacial score (nSPS) is 9.50. The molecular formula is C5H9BrN2O4. The molecule has 0 aromatic heterocycles. The highest BCUT2D eigenvalue weighted by molar-refractivity contribution is 9.09. The summed E-state index contributed by atoms with van der Waals surface area (Å²) in [6.07, 6.45) is -2.26. The maximum Gasteiger partial charge on any atom is 0.404 e. The summed E-state index contributed by atoms with van der Waals surface area (Å²) in [5.41, 5.74) is 0. The Morgan fingerprint density at radius 1 is 1.17 bits per heavy atom. The van der Waals surface area contributed by atoms with Crippen molar-refractivity contribution in [1.82, 2.24) is 10.6 Å². The molecule has 0 unspecified atom stereocenters.